The number of allylic oxidation sites excluding steroid dienone is 1. The van der Waals surface area contributed by atoms with Crippen molar-refractivity contribution in [1.29, 1.82) is 0 Å². The van der Waals surface area contributed by atoms with Crippen molar-refractivity contribution in [3.8, 4) is 0 Å². The summed E-state index contributed by atoms with van der Waals surface area (Å²) in [6.45, 7) is 13.0. The molecule has 3 fully saturated rings. The predicted octanol–water partition coefficient (Wildman–Crippen LogP) is 4.31. The first-order valence-electron chi connectivity index (χ1n) is 9.13. The lowest BCUT2D eigenvalue weighted by Crippen LogP contribution is -2.67. The quantitative estimate of drug-likeness (QED) is 0.709. The van der Waals surface area contributed by atoms with Gasteiger partial charge in [-0.3, -0.25) is 0 Å². The van der Waals surface area contributed by atoms with Crippen molar-refractivity contribution in [3.05, 3.63) is 12.7 Å². The van der Waals surface area contributed by atoms with Crippen LogP contribution in [0.5, 0.6) is 0 Å². The zero-order valence-corrected chi connectivity index (χ0v) is 14.9. The van der Waals surface area contributed by atoms with Crippen molar-refractivity contribution < 1.29 is 10.2 Å². The number of hydrogen-bond donors (Lipinski definition) is 2. The second-order valence-corrected chi connectivity index (χ2v) is 9.60. The molecule has 2 nitrogen and oxygen atoms in total. The fourth-order valence-electron chi connectivity index (χ4n) is 6.16. The smallest absolute Gasteiger partial charge is 0.0756 e. The first-order valence-corrected chi connectivity index (χ1v) is 9.13. The highest BCUT2D eigenvalue weighted by Crippen LogP contribution is 2.66. The molecule has 0 aromatic carbocycles. The summed E-state index contributed by atoms with van der Waals surface area (Å²) in [5.74, 6) is 1.01. The van der Waals surface area contributed by atoms with E-state index in [0.29, 0.717) is 11.8 Å². The van der Waals surface area contributed by atoms with Crippen molar-refractivity contribution in [2.75, 3.05) is 0 Å². The molecule has 0 radical (unpaired) electrons. The Kier molecular flexibility index (Phi) is 3.63. The van der Waals surface area contributed by atoms with E-state index in [1.54, 1.807) is 0 Å². The molecule has 2 heteroatoms. The largest absolute Gasteiger partial charge is 0.392 e. The Morgan fingerprint density at radius 1 is 1.00 bits per heavy atom. The predicted molar refractivity (Wildman–Crippen MR) is 90.4 cm³/mol. The fraction of sp³-hybridized carbons (Fsp3) is 0.900. The van der Waals surface area contributed by atoms with E-state index in [9.17, 15) is 10.2 Å². The van der Waals surface area contributed by atoms with E-state index in [-0.39, 0.29) is 16.9 Å². The highest BCUT2D eigenvalue weighted by molar-refractivity contribution is 5.16. The van der Waals surface area contributed by atoms with Crippen molar-refractivity contribution >= 4 is 0 Å². The molecule has 3 rings (SSSR count). The summed E-state index contributed by atoms with van der Waals surface area (Å²) >= 11 is 0. The average molecular weight is 306 g/mol. The molecule has 0 aromatic rings. The Morgan fingerprint density at radius 3 is 2.32 bits per heavy atom. The lowest BCUT2D eigenvalue weighted by Gasteiger charge is -2.66. The zero-order chi connectivity index (χ0) is 16.4. The van der Waals surface area contributed by atoms with Gasteiger partial charge in [-0.05, 0) is 67.6 Å². The second kappa shape index (κ2) is 4.83. The third kappa shape index (κ3) is 1.99. The van der Waals surface area contributed by atoms with E-state index < -0.39 is 11.0 Å². The molecule has 0 aromatic heterocycles. The summed E-state index contributed by atoms with van der Waals surface area (Å²) in [5.41, 5.74) is -0.628. The summed E-state index contributed by atoms with van der Waals surface area (Å²) < 4.78 is 0. The monoisotopic (exact) mass is 306 g/mol. The molecular weight excluding hydrogens is 272 g/mol. The first-order chi connectivity index (χ1) is 10.1. The topological polar surface area (TPSA) is 40.5 Å². The Morgan fingerprint density at radius 2 is 1.68 bits per heavy atom. The van der Waals surface area contributed by atoms with Crippen LogP contribution < -0.4 is 0 Å². The highest BCUT2D eigenvalue weighted by atomic mass is 16.3. The minimum absolute atomic E-state index is 0.215. The van der Waals surface area contributed by atoms with Gasteiger partial charge in [0.1, 0.15) is 0 Å². The molecule has 22 heavy (non-hydrogen) atoms. The van der Waals surface area contributed by atoms with Crippen molar-refractivity contribution in [1.82, 2.24) is 0 Å². The van der Waals surface area contributed by atoms with E-state index in [0.717, 1.165) is 25.7 Å². The molecule has 2 N–H and O–H groups in total. The molecule has 0 heterocycles. The van der Waals surface area contributed by atoms with Gasteiger partial charge in [0, 0.05) is 5.41 Å². The van der Waals surface area contributed by atoms with Crippen LogP contribution in [0.4, 0.5) is 0 Å². The first kappa shape index (κ1) is 16.5. The van der Waals surface area contributed by atoms with Gasteiger partial charge in [-0.15, -0.1) is 6.58 Å². The molecule has 3 aliphatic rings. The molecule has 0 saturated heterocycles. The Labute approximate surface area is 136 Å². The maximum absolute atomic E-state index is 11.6. The number of rotatable bonds is 1. The maximum Gasteiger partial charge on any atom is 0.0756 e. The second-order valence-electron chi connectivity index (χ2n) is 9.60. The lowest BCUT2D eigenvalue weighted by atomic mass is 9.41. The summed E-state index contributed by atoms with van der Waals surface area (Å²) in [6.07, 6.45) is 9.08. The van der Waals surface area contributed by atoms with Gasteiger partial charge in [-0.1, -0.05) is 33.8 Å². The van der Waals surface area contributed by atoms with Crippen LogP contribution in [0, 0.1) is 28.1 Å². The molecule has 0 spiro atoms. The van der Waals surface area contributed by atoms with Crippen LogP contribution in [0.3, 0.4) is 0 Å². The normalized spacial score (nSPS) is 54.2. The number of aliphatic hydroxyl groups excluding tert-OH is 1. The minimum atomic E-state index is -0.710. The van der Waals surface area contributed by atoms with Crippen LogP contribution in [-0.2, 0) is 0 Å². The zero-order valence-electron chi connectivity index (χ0n) is 14.9. The van der Waals surface area contributed by atoms with Crippen LogP contribution in [0.2, 0.25) is 0 Å². The molecule has 3 aliphatic carbocycles. The maximum atomic E-state index is 11.6. The highest BCUT2D eigenvalue weighted by Gasteiger charge is 2.64. The van der Waals surface area contributed by atoms with Gasteiger partial charge in [0.05, 0.1) is 11.7 Å². The van der Waals surface area contributed by atoms with Crippen molar-refractivity contribution in [3.63, 3.8) is 0 Å². The molecule has 3 saturated carbocycles. The van der Waals surface area contributed by atoms with Crippen LogP contribution in [0.25, 0.3) is 0 Å². The fourth-order valence-corrected chi connectivity index (χ4v) is 6.16. The van der Waals surface area contributed by atoms with E-state index in [1.165, 1.54) is 19.3 Å². The molecule has 0 bridgehead atoms. The van der Waals surface area contributed by atoms with E-state index in [2.05, 4.69) is 40.3 Å². The van der Waals surface area contributed by atoms with Gasteiger partial charge in [0.2, 0.25) is 0 Å². The van der Waals surface area contributed by atoms with Crippen LogP contribution in [-0.4, -0.2) is 21.9 Å². The van der Waals surface area contributed by atoms with Crippen molar-refractivity contribution in [2.24, 2.45) is 28.1 Å². The number of fused-ring (bicyclic) bond motifs is 3. The SMILES string of the molecule is C=CC1(C)CCC2(C)C(CCC3(O)C2CCC(O)C3(C)C)C1. The standard InChI is InChI=1S/C20H34O2/c1-6-18(4)11-12-19(5)14(13-18)9-10-20(22)15(19)7-8-16(21)17(20,2)3/h6,14-16,21-22H,1,7-13H2,2-5H3. The third-order valence-corrected chi connectivity index (χ3v) is 8.30. The van der Waals surface area contributed by atoms with E-state index in [1.807, 2.05) is 0 Å². The summed E-state index contributed by atoms with van der Waals surface area (Å²) in [5, 5.41) is 22.1. The van der Waals surface area contributed by atoms with Gasteiger partial charge in [0.25, 0.3) is 0 Å². The number of aliphatic hydroxyl groups is 2. The molecule has 126 valence electrons. The molecule has 0 aliphatic heterocycles. The molecule has 0 amide bonds. The van der Waals surface area contributed by atoms with Gasteiger partial charge < -0.3 is 10.2 Å². The molecular formula is C20H34O2. The lowest BCUT2D eigenvalue weighted by molar-refractivity contribution is -0.252. The Hall–Kier alpha value is -0.340. The van der Waals surface area contributed by atoms with Gasteiger partial charge in [-0.25, -0.2) is 0 Å². The van der Waals surface area contributed by atoms with Gasteiger partial charge in [0.15, 0.2) is 0 Å². The van der Waals surface area contributed by atoms with E-state index in [4.69, 9.17) is 0 Å². The van der Waals surface area contributed by atoms with Crippen LogP contribution in [0.15, 0.2) is 12.7 Å². The summed E-state index contributed by atoms with van der Waals surface area (Å²) in [7, 11) is 0. The van der Waals surface area contributed by atoms with Crippen LogP contribution >= 0.6 is 0 Å². The molecule has 6 atom stereocenters. The van der Waals surface area contributed by atoms with E-state index >= 15 is 0 Å². The van der Waals surface area contributed by atoms with Gasteiger partial charge >= 0.3 is 0 Å². The number of hydrogen-bond acceptors (Lipinski definition) is 2. The minimum Gasteiger partial charge on any atom is -0.392 e. The summed E-state index contributed by atoms with van der Waals surface area (Å²) in [4.78, 5) is 0. The Bertz CT molecular complexity index is 470. The van der Waals surface area contributed by atoms with Gasteiger partial charge in [-0.2, -0.15) is 0 Å². The third-order valence-electron chi connectivity index (χ3n) is 8.30. The summed E-state index contributed by atoms with van der Waals surface area (Å²) in [6, 6.07) is 0. The molecule has 6 unspecified atom stereocenters. The average Bonchev–Trinajstić information content (AvgIpc) is 2.46. The van der Waals surface area contributed by atoms with Crippen molar-refractivity contribution in [2.45, 2.75) is 84.3 Å². The van der Waals surface area contributed by atoms with Crippen LogP contribution in [0.1, 0.15) is 72.6 Å². The Balaban J connectivity index is 1.95.